The van der Waals surface area contributed by atoms with E-state index in [-0.39, 0.29) is 0 Å². The largest absolute Gasteiger partial charge is 0.311 e. The first kappa shape index (κ1) is 14.8. The molecule has 1 saturated heterocycles. The lowest BCUT2D eigenvalue weighted by Gasteiger charge is -2.40. The average Bonchev–Trinajstić information content (AvgIpc) is 2.93. The molecule has 2 heterocycles. The van der Waals surface area contributed by atoms with Gasteiger partial charge in [-0.05, 0) is 31.0 Å². The van der Waals surface area contributed by atoms with Gasteiger partial charge < -0.3 is 5.32 Å². The van der Waals surface area contributed by atoms with Crippen LogP contribution in [-0.4, -0.2) is 24.0 Å². The summed E-state index contributed by atoms with van der Waals surface area (Å²) in [5.41, 5.74) is 1.42. The highest BCUT2D eigenvalue weighted by atomic mass is 32.1. The first-order valence-corrected chi connectivity index (χ1v) is 8.65. The van der Waals surface area contributed by atoms with Crippen molar-refractivity contribution in [3.63, 3.8) is 0 Å². The van der Waals surface area contributed by atoms with Gasteiger partial charge >= 0.3 is 0 Å². The Morgan fingerprint density at radius 2 is 2.00 bits per heavy atom. The monoisotopic (exact) mass is 300 g/mol. The lowest BCUT2D eigenvalue weighted by atomic mass is 10.00. The van der Waals surface area contributed by atoms with Crippen molar-refractivity contribution in [1.29, 1.82) is 0 Å². The third-order valence-corrected chi connectivity index (χ3v) is 5.31. The summed E-state index contributed by atoms with van der Waals surface area (Å²) in [6.07, 6.45) is 1.20. The van der Waals surface area contributed by atoms with Crippen LogP contribution in [0.1, 0.15) is 34.7 Å². The summed E-state index contributed by atoms with van der Waals surface area (Å²) in [5.74, 6) is 0. The summed E-state index contributed by atoms with van der Waals surface area (Å²) < 4.78 is 0. The standard InChI is InChI=1S/C18H24N2S/c1-3-16-12-20(13-17-10-9-14(2)21-17)18(11-19-16)15-7-5-4-6-8-15/h4-10,16,18-19H,3,11-13H2,1-2H3. The van der Waals surface area contributed by atoms with Crippen molar-refractivity contribution < 1.29 is 0 Å². The van der Waals surface area contributed by atoms with Crippen LogP contribution < -0.4 is 5.32 Å². The van der Waals surface area contributed by atoms with Crippen molar-refractivity contribution in [2.45, 2.75) is 38.9 Å². The Morgan fingerprint density at radius 3 is 2.67 bits per heavy atom. The molecule has 0 bridgehead atoms. The van der Waals surface area contributed by atoms with Crippen LogP contribution in [-0.2, 0) is 6.54 Å². The molecule has 0 radical (unpaired) electrons. The van der Waals surface area contributed by atoms with E-state index in [1.807, 2.05) is 11.3 Å². The normalized spacial score (nSPS) is 23.3. The average molecular weight is 300 g/mol. The van der Waals surface area contributed by atoms with Crippen LogP contribution in [0, 0.1) is 6.92 Å². The summed E-state index contributed by atoms with van der Waals surface area (Å²) in [6, 6.07) is 16.5. The molecule has 0 saturated carbocycles. The van der Waals surface area contributed by atoms with Crippen LogP contribution in [0.25, 0.3) is 0 Å². The Hall–Kier alpha value is -1.16. The molecule has 1 aromatic heterocycles. The second-order valence-electron chi connectivity index (χ2n) is 5.88. The summed E-state index contributed by atoms with van der Waals surface area (Å²) in [5, 5.41) is 3.70. The Kier molecular flexibility index (Phi) is 4.73. The third kappa shape index (κ3) is 3.54. The summed E-state index contributed by atoms with van der Waals surface area (Å²) in [4.78, 5) is 5.53. The summed E-state index contributed by atoms with van der Waals surface area (Å²) in [7, 11) is 0. The first-order chi connectivity index (χ1) is 10.3. The number of aryl methyl sites for hydroxylation is 1. The van der Waals surface area contributed by atoms with Crippen molar-refractivity contribution in [3.8, 4) is 0 Å². The maximum Gasteiger partial charge on any atom is 0.0477 e. The van der Waals surface area contributed by atoms with Crippen LogP contribution in [0.3, 0.4) is 0 Å². The lowest BCUT2D eigenvalue weighted by molar-refractivity contribution is 0.122. The number of nitrogens with zero attached hydrogens (tertiary/aromatic N) is 1. The second kappa shape index (κ2) is 6.73. The molecule has 0 aliphatic carbocycles. The predicted molar refractivity (Wildman–Crippen MR) is 90.7 cm³/mol. The molecule has 112 valence electrons. The molecule has 0 amide bonds. The minimum absolute atomic E-state index is 0.483. The van der Waals surface area contributed by atoms with Crippen molar-refractivity contribution >= 4 is 11.3 Å². The zero-order valence-electron chi connectivity index (χ0n) is 12.9. The molecular weight excluding hydrogens is 276 g/mol. The van der Waals surface area contributed by atoms with Gasteiger partial charge in [-0.25, -0.2) is 0 Å². The van der Waals surface area contributed by atoms with E-state index < -0.39 is 0 Å². The van der Waals surface area contributed by atoms with Gasteiger partial charge in [0.05, 0.1) is 0 Å². The summed E-state index contributed by atoms with van der Waals surface area (Å²) >= 11 is 1.93. The molecule has 1 N–H and O–H groups in total. The first-order valence-electron chi connectivity index (χ1n) is 7.84. The van der Waals surface area contributed by atoms with Gasteiger partial charge in [0.2, 0.25) is 0 Å². The predicted octanol–water partition coefficient (Wildman–Crippen LogP) is 3.98. The van der Waals surface area contributed by atoms with Gasteiger partial charge in [-0.1, -0.05) is 37.3 Å². The van der Waals surface area contributed by atoms with Crippen LogP contribution in [0.2, 0.25) is 0 Å². The highest BCUT2D eigenvalue weighted by molar-refractivity contribution is 7.11. The number of thiophene rings is 1. The van der Waals surface area contributed by atoms with Crippen molar-refractivity contribution in [1.82, 2.24) is 10.2 Å². The zero-order chi connectivity index (χ0) is 14.7. The maximum absolute atomic E-state index is 3.70. The molecule has 3 rings (SSSR count). The van der Waals surface area contributed by atoms with Crippen LogP contribution >= 0.6 is 11.3 Å². The molecule has 2 nitrogen and oxygen atoms in total. The minimum atomic E-state index is 0.483. The molecule has 2 unspecified atom stereocenters. The number of piperazine rings is 1. The molecule has 2 aromatic rings. The van der Waals surface area contributed by atoms with E-state index in [0.717, 1.165) is 19.6 Å². The molecular formula is C18H24N2S. The van der Waals surface area contributed by atoms with Crippen molar-refractivity contribution in [2.24, 2.45) is 0 Å². The SMILES string of the molecule is CCC1CN(Cc2ccc(C)s2)C(c2ccccc2)CN1. The molecule has 0 spiro atoms. The molecule has 1 fully saturated rings. The van der Waals surface area contributed by atoms with Gasteiger partial charge in [0.15, 0.2) is 0 Å². The number of benzene rings is 1. The van der Waals surface area contributed by atoms with Gasteiger partial charge in [-0.15, -0.1) is 11.3 Å². The van der Waals surface area contributed by atoms with E-state index in [9.17, 15) is 0 Å². The van der Waals surface area contributed by atoms with Gasteiger partial charge in [0, 0.05) is 41.5 Å². The van der Waals surface area contributed by atoms with Gasteiger partial charge in [0.1, 0.15) is 0 Å². The number of hydrogen-bond donors (Lipinski definition) is 1. The Balaban J connectivity index is 1.80. The smallest absolute Gasteiger partial charge is 0.0477 e. The van der Waals surface area contributed by atoms with Crippen molar-refractivity contribution in [3.05, 3.63) is 57.8 Å². The fraction of sp³-hybridized carbons (Fsp3) is 0.444. The fourth-order valence-corrected chi connectivity index (χ4v) is 4.02. The lowest BCUT2D eigenvalue weighted by Crippen LogP contribution is -2.51. The number of hydrogen-bond acceptors (Lipinski definition) is 3. The molecule has 1 aromatic carbocycles. The van der Waals surface area contributed by atoms with E-state index in [4.69, 9.17) is 0 Å². The molecule has 1 aliphatic heterocycles. The van der Waals surface area contributed by atoms with Gasteiger partial charge in [-0.3, -0.25) is 4.90 Å². The van der Waals surface area contributed by atoms with Gasteiger partial charge in [-0.2, -0.15) is 0 Å². The molecule has 2 atom stereocenters. The second-order valence-corrected chi connectivity index (χ2v) is 7.25. The maximum atomic E-state index is 3.70. The molecule has 21 heavy (non-hydrogen) atoms. The molecule has 3 heteroatoms. The molecule has 1 aliphatic rings. The Labute approximate surface area is 131 Å². The highest BCUT2D eigenvalue weighted by Crippen LogP contribution is 2.28. The van der Waals surface area contributed by atoms with Crippen LogP contribution in [0.5, 0.6) is 0 Å². The van der Waals surface area contributed by atoms with Crippen molar-refractivity contribution in [2.75, 3.05) is 13.1 Å². The quantitative estimate of drug-likeness (QED) is 0.918. The zero-order valence-corrected chi connectivity index (χ0v) is 13.7. The van der Waals surface area contributed by atoms with E-state index >= 15 is 0 Å². The van der Waals surface area contributed by atoms with E-state index in [1.54, 1.807) is 0 Å². The van der Waals surface area contributed by atoms with E-state index in [0.29, 0.717) is 12.1 Å². The Morgan fingerprint density at radius 1 is 1.19 bits per heavy atom. The summed E-state index contributed by atoms with van der Waals surface area (Å²) in [6.45, 7) is 7.71. The Bertz CT molecular complexity index is 564. The fourth-order valence-electron chi connectivity index (χ4n) is 3.10. The van der Waals surface area contributed by atoms with Crippen LogP contribution in [0.4, 0.5) is 0 Å². The number of nitrogens with one attached hydrogen (secondary N) is 1. The van der Waals surface area contributed by atoms with Crippen LogP contribution in [0.15, 0.2) is 42.5 Å². The topological polar surface area (TPSA) is 15.3 Å². The highest BCUT2D eigenvalue weighted by Gasteiger charge is 2.28. The van der Waals surface area contributed by atoms with Gasteiger partial charge in [0.25, 0.3) is 0 Å². The minimum Gasteiger partial charge on any atom is -0.311 e. The number of rotatable bonds is 4. The third-order valence-electron chi connectivity index (χ3n) is 4.33. The van der Waals surface area contributed by atoms with E-state index in [1.165, 1.54) is 21.7 Å². The van der Waals surface area contributed by atoms with E-state index in [2.05, 4.69) is 66.5 Å².